The van der Waals surface area contributed by atoms with E-state index in [1.807, 2.05) is 25.2 Å². The number of nitrogens with one attached hydrogen (secondary N) is 1. The summed E-state index contributed by atoms with van der Waals surface area (Å²) in [5.41, 5.74) is 3.81. The van der Waals surface area contributed by atoms with Crippen LogP contribution >= 0.6 is 0 Å². The van der Waals surface area contributed by atoms with E-state index in [0.717, 1.165) is 12.2 Å². The molecule has 20 heavy (non-hydrogen) atoms. The highest BCUT2D eigenvalue weighted by molar-refractivity contribution is 5.30. The second-order valence-electron chi connectivity index (χ2n) is 5.03. The summed E-state index contributed by atoms with van der Waals surface area (Å²) in [6.07, 6.45) is 1.08. The van der Waals surface area contributed by atoms with Crippen LogP contribution < -0.4 is 10.1 Å². The van der Waals surface area contributed by atoms with Gasteiger partial charge in [-0.15, -0.1) is 0 Å². The number of rotatable bonds is 6. The van der Waals surface area contributed by atoms with Gasteiger partial charge in [0.2, 0.25) is 0 Å². The smallest absolute Gasteiger partial charge is 0.119 e. The molecule has 0 saturated heterocycles. The van der Waals surface area contributed by atoms with E-state index in [4.69, 9.17) is 4.74 Å². The lowest BCUT2D eigenvalue weighted by molar-refractivity contribution is 0.305. The molecule has 0 fully saturated rings. The van der Waals surface area contributed by atoms with Gasteiger partial charge in [-0.3, -0.25) is 0 Å². The normalized spacial score (nSPS) is 12.2. The van der Waals surface area contributed by atoms with Gasteiger partial charge in [0.05, 0.1) is 0 Å². The molecular weight excluding hydrogens is 246 g/mol. The Kier molecular flexibility index (Phi) is 5.19. The molecule has 0 heterocycles. The van der Waals surface area contributed by atoms with Crippen molar-refractivity contribution < 1.29 is 4.74 Å². The molecule has 0 spiro atoms. The van der Waals surface area contributed by atoms with E-state index in [9.17, 15) is 0 Å². The largest absolute Gasteiger partial charge is 0.489 e. The fourth-order valence-corrected chi connectivity index (χ4v) is 2.34. The van der Waals surface area contributed by atoms with Crippen LogP contribution in [0.4, 0.5) is 0 Å². The molecule has 0 saturated carbocycles. The summed E-state index contributed by atoms with van der Waals surface area (Å²) < 4.78 is 5.85. The lowest BCUT2D eigenvalue weighted by atomic mass is 10.0. The molecule has 2 aromatic carbocycles. The molecule has 2 aromatic rings. The van der Waals surface area contributed by atoms with Gasteiger partial charge in [-0.2, -0.15) is 0 Å². The van der Waals surface area contributed by atoms with Crippen LogP contribution in [0.15, 0.2) is 48.5 Å². The third-order valence-electron chi connectivity index (χ3n) is 3.69. The summed E-state index contributed by atoms with van der Waals surface area (Å²) in [4.78, 5) is 0. The van der Waals surface area contributed by atoms with Crippen molar-refractivity contribution in [3.8, 4) is 5.75 Å². The predicted octanol–water partition coefficient (Wildman–Crippen LogP) is 4.24. The Morgan fingerprint density at radius 3 is 2.35 bits per heavy atom. The molecule has 0 aromatic heterocycles. The van der Waals surface area contributed by atoms with E-state index in [0.29, 0.717) is 12.6 Å². The Morgan fingerprint density at radius 2 is 1.75 bits per heavy atom. The van der Waals surface area contributed by atoms with Crippen LogP contribution in [0.2, 0.25) is 0 Å². The van der Waals surface area contributed by atoms with Crippen molar-refractivity contribution in [3.63, 3.8) is 0 Å². The van der Waals surface area contributed by atoms with Crippen LogP contribution in [0.25, 0.3) is 0 Å². The average molecular weight is 269 g/mol. The zero-order chi connectivity index (χ0) is 14.4. The molecule has 106 valence electrons. The van der Waals surface area contributed by atoms with Crippen LogP contribution in [0, 0.1) is 6.92 Å². The zero-order valence-corrected chi connectivity index (χ0v) is 12.5. The van der Waals surface area contributed by atoms with Crippen molar-refractivity contribution >= 4 is 0 Å². The van der Waals surface area contributed by atoms with Gasteiger partial charge in [-0.25, -0.2) is 0 Å². The number of ether oxygens (including phenoxy) is 1. The second-order valence-corrected chi connectivity index (χ2v) is 5.03. The van der Waals surface area contributed by atoms with Gasteiger partial charge in [0.15, 0.2) is 0 Å². The maximum Gasteiger partial charge on any atom is 0.119 e. The van der Waals surface area contributed by atoms with Gasteiger partial charge in [-0.05, 0) is 49.2 Å². The highest BCUT2D eigenvalue weighted by Gasteiger charge is 2.06. The SMILES string of the molecule is CCC(NC)c1ccc(OCc2ccccc2C)cc1. The summed E-state index contributed by atoms with van der Waals surface area (Å²) >= 11 is 0. The summed E-state index contributed by atoms with van der Waals surface area (Å²) in [6, 6.07) is 17.1. The zero-order valence-electron chi connectivity index (χ0n) is 12.5. The van der Waals surface area contributed by atoms with E-state index in [2.05, 4.69) is 49.5 Å². The molecule has 2 heteroatoms. The van der Waals surface area contributed by atoms with Crippen molar-refractivity contribution in [3.05, 3.63) is 65.2 Å². The van der Waals surface area contributed by atoms with Crippen molar-refractivity contribution in [2.24, 2.45) is 0 Å². The summed E-state index contributed by atoms with van der Waals surface area (Å²) in [6.45, 7) is 4.92. The topological polar surface area (TPSA) is 21.3 Å². The third-order valence-corrected chi connectivity index (χ3v) is 3.69. The molecule has 0 aliphatic heterocycles. The molecule has 0 aliphatic rings. The van der Waals surface area contributed by atoms with Gasteiger partial charge in [0.1, 0.15) is 12.4 Å². The Morgan fingerprint density at radius 1 is 1.05 bits per heavy atom. The van der Waals surface area contributed by atoms with E-state index in [-0.39, 0.29) is 0 Å². The van der Waals surface area contributed by atoms with Gasteiger partial charge < -0.3 is 10.1 Å². The molecule has 1 unspecified atom stereocenters. The van der Waals surface area contributed by atoms with Crippen LogP contribution in [-0.4, -0.2) is 7.05 Å². The second kappa shape index (κ2) is 7.11. The van der Waals surface area contributed by atoms with E-state index < -0.39 is 0 Å². The van der Waals surface area contributed by atoms with E-state index in [1.54, 1.807) is 0 Å². The molecule has 0 aliphatic carbocycles. The Hall–Kier alpha value is -1.80. The highest BCUT2D eigenvalue weighted by atomic mass is 16.5. The Labute approximate surface area is 121 Å². The molecule has 2 rings (SSSR count). The maximum atomic E-state index is 5.85. The van der Waals surface area contributed by atoms with Gasteiger partial charge in [0.25, 0.3) is 0 Å². The minimum atomic E-state index is 0.417. The molecule has 0 bridgehead atoms. The number of hydrogen-bond donors (Lipinski definition) is 1. The highest BCUT2D eigenvalue weighted by Crippen LogP contribution is 2.20. The third kappa shape index (κ3) is 3.61. The first-order valence-corrected chi connectivity index (χ1v) is 7.19. The Bertz CT molecular complexity index is 529. The quantitative estimate of drug-likeness (QED) is 0.846. The predicted molar refractivity (Wildman–Crippen MR) is 84.0 cm³/mol. The summed E-state index contributed by atoms with van der Waals surface area (Å²) in [5, 5.41) is 3.31. The van der Waals surface area contributed by atoms with Crippen molar-refractivity contribution in [2.45, 2.75) is 32.9 Å². The lowest BCUT2D eigenvalue weighted by Crippen LogP contribution is -2.14. The first-order chi connectivity index (χ1) is 9.74. The minimum Gasteiger partial charge on any atom is -0.489 e. The number of benzene rings is 2. The fourth-order valence-electron chi connectivity index (χ4n) is 2.34. The molecule has 0 radical (unpaired) electrons. The number of hydrogen-bond acceptors (Lipinski definition) is 2. The molecule has 0 amide bonds. The van der Waals surface area contributed by atoms with Crippen molar-refractivity contribution in [1.82, 2.24) is 5.32 Å². The molecule has 2 nitrogen and oxygen atoms in total. The average Bonchev–Trinajstić information content (AvgIpc) is 2.49. The van der Waals surface area contributed by atoms with Crippen LogP contribution in [-0.2, 0) is 6.61 Å². The summed E-state index contributed by atoms with van der Waals surface area (Å²) in [7, 11) is 2.00. The maximum absolute atomic E-state index is 5.85. The van der Waals surface area contributed by atoms with Crippen LogP contribution in [0.3, 0.4) is 0 Å². The minimum absolute atomic E-state index is 0.417. The lowest BCUT2D eigenvalue weighted by Gasteiger charge is -2.15. The molecule has 1 N–H and O–H groups in total. The molecular formula is C18H23NO. The Balaban J connectivity index is 1.99. The first kappa shape index (κ1) is 14.6. The van der Waals surface area contributed by atoms with Crippen molar-refractivity contribution in [1.29, 1.82) is 0 Å². The van der Waals surface area contributed by atoms with Gasteiger partial charge >= 0.3 is 0 Å². The summed E-state index contributed by atoms with van der Waals surface area (Å²) in [5.74, 6) is 0.919. The first-order valence-electron chi connectivity index (χ1n) is 7.19. The van der Waals surface area contributed by atoms with Crippen molar-refractivity contribution in [2.75, 3.05) is 7.05 Å². The van der Waals surface area contributed by atoms with Gasteiger partial charge in [-0.1, -0.05) is 43.3 Å². The monoisotopic (exact) mass is 269 g/mol. The van der Waals surface area contributed by atoms with Crippen LogP contribution in [0.5, 0.6) is 5.75 Å². The molecule has 1 atom stereocenters. The van der Waals surface area contributed by atoms with E-state index in [1.165, 1.54) is 16.7 Å². The van der Waals surface area contributed by atoms with E-state index >= 15 is 0 Å². The van der Waals surface area contributed by atoms with Gasteiger partial charge in [0, 0.05) is 6.04 Å². The van der Waals surface area contributed by atoms with Crippen LogP contribution in [0.1, 0.15) is 36.1 Å². The standard InChI is InChI=1S/C18H23NO/c1-4-18(19-3)15-9-11-17(12-10-15)20-13-16-8-6-5-7-14(16)2/h5-12,18-19H,4,13H2,1-3H3. The fraction of sp³-hybridized carbons (Fsp3) is 0.333. The number of aryl methyl sites for hydroxylation is 1.